The van der Waals surface area contributed by atoms with Gasteiger partial charge < -0.3 is 4.90 Å². The van der Waals surface area contributed by atoms with E-state index >= 15 is 0 Å². The molecule has 1 aliphatic heterocycles. The maximum Gasteiger partial charge on any atom is 0.140 e. The van der Waals surface area contributed by atoms with Crippen molar-refractivity contribution in [2.24, 2.45) is 0 Å². The Bertz CT molecular complexity index is 1280. The van der Waals surface area contributed by atoms with Gasteiger partial charge in [-0.05, 0) is 67.8 Å². The fourth-order valence-corrected chi connectivity index (χ4v) is 4.24. The lowest BCUT2D eigenvalue weighted by atomic mass is 9.97. The molecule has 0 spiro atoms. The third-order valence-corrected chi connectivity index (χ3v) is 5.79. The number of anilines is 1. The Morgan fingerprint density at radius 3 is 2.70 bits per heavy atom. The molecular formula is C25H23FN4. The number of rotatable bonds is 2. The predicted molar refractivity (Wildman–Crippen MR) is 118 cm³/mol. The molecule has 0 N–H and O–H groups in total. The number of hydrogen-bond acceptors (Lipinski definition) is 4. The van der Waals surface area contributed by atoms with Gasteiger partial charge in [0, 0.05) is 42.4 Å². The van der Waals surface area contributed by atoms with Crippen molar-refractivity contribution < 1.29 is 4.39 Å². The van der Waals surface area contributed by atoms with E-state index in [2.05, 4.69) is 41.1 Å². The normalized spacial score (nSPS) is 13.5. The second-order valence-corrected chi connectivity index (χ2v) is 8.08. The van der Waals surface area contributed by atoms with Gasteiger partial charge in [0.1, 0.15) is 17.5 Å². The molecule has 0 atom stereocenters. The second kappa shape index (κ2) is 7.17. The molecule has 150 valence electrons. The van der Waals surface area contributed by atoms with E-state index in [0.29, 0.717) is 0 Å². The Balaban J connectivity index is 1.56. The van der Waals surface area contributed by atoms with Crippen molar-refractivity contribution in [2.45, 2.75) is 33.7 Å². The van der Waals surface area contributed by atoms with Crippen LogP contribution in [0.4, 0.5) is 10.2 Å². The molecule has 2 aromatic carbocycles. The molecule has 4 aromatic rings. The van der Waals surface area contributed by atoms with Crippen LogP contribution in [0, 0.1) is 26.6 Å². The van der Waals surface area contributed by atoms with Crippen molar-refractivity contribution in [3.05, 3.63) is 82.7 Å². The van der Waals surface area contributed by atoms with Crippen molar-refractivity contribution in [3.63, 3.8) is 0 Å². The highest BCUT2D eigenvalue weighted by Gasteiger charge is 2.22. The summed E-state index contributed by atoms with van der Waals surface area (Å²) in [6.07, 6.45) is 2.72. The number of benzene rings is 2. The minimum Gasteiger partial charge on any atom is -0.351 e. The third kappa shape index (κ3) is 3.30. The molecule has 0 saturated carbocycles. The van der Waals surface area contributed by atoms with Gasteiger partial charge in [-0.3, -0.25) is 4.98 Å². The number of hydrogen-bond donors (Lipinski definition) is 0. The SMILES string of the molecule is Cc1ccc2nc(C)nc(N3CCc4ncc(-c5cc(F)ccc5C)cc4C3)c2c1. The Morgan fingerprint density at radius 2 is 1.83 bits per heavy atom. The van der Waals surface area contributed by atoms with Gasteiger partial charge >= 0.3 is 0 Å². The lowest BCUT2D eigenvalue weighted by Crippen LogP contribution is -2.32. The highest BCUT2D eigenvalue weighted by molar-refractivity contribution is 5.90. The number of fused-ring (bicyclic) bond motifs is 2. The molecule has 0 amide bonds. The molecule has 4 nitrogen and oxygen atoms in total. The highest BCUT2D eigenvalue weighted by Crippen LogP contribution is 2.31. The monoisotopic (exact) mass is 398 g/mol. The van der Waals surface area contributed by atoms with Crippen LogP contribution in [0.2, 0.25) is 0 Å². The lowest BCUT2D eigenvalue weighted by molar-refractivity contribution is 0.628. The summed E-state index contributed by atoms with van der Waals surface area (Å²) in [5.41, 5.74) is 7.32. The van der Waals surface area contributed by atoms with E-state index in [1.165, 1.54) is 17.2 Å². The maximum atomic E-state index is 13.8. The smallest absolute Gasteiger partial charge is 0.140 e. The first-order chi connectivity index (χ1) is 14.5. The summed E-state index contributed by atoms with van der Waals surface area (Å²) in [6.45, 7) is 7.61. The Hall–Kier alpha value is -3.34. The van der Waals surface area contributed by atoms with E-state index in [1.807, 2.05) is 26.1 Å². The summed E-state index contributed by atoms with van der Waals surface area (Å²) < 4.78 is 13.8. The van der Waals surface area contributed by atoms with Crippen LogP contribution in [0.15, 0.2) is 48.7 Å². The molecule has 5 rings (SSSR count). The second-order valence-electron chi connectivity index (χ2n) is 8.08. The van der Waals surface area contributed by atoms with Crippen LogP contribution in [0.25, 0.3) is 22.0 Å². The molecule has 0 bridgehead atoms. The topological polar surface area (TPSA) is 41.9 Å². The molecule has 0 fully saturated rings. The average molecular weight is 398 g/mol. The van der Waals surface area contributed by atoms with Crippen molar-refractivity contribution in [3.8, 4) is 11.1 Å². The van der Waals surface area contributed by atoms with Gasteiger partial charge in [0.2, 0.25) is 0 Å². The highest BCUT2D eigenvalue weighted by atomic mass is 19.1. The van der Waals surface area contributed by atoms with Crippen LogP contribution >= 0.6 is 0 Å². The Kier molecular flexibility index (Phi) is 4.46. The summed E-state index contributed by atoms with van der Waals surface area (Å²) in [4.78, 5) is 16.4. The molecular weight excluding hydrogens is 375 g/mol. The van der Waals surface area contributed by atoms with Crippen molar-refractivity contribution >= 4 is 16.7 Å². The van der Waals surface area contributed by atoms with E-state index in [1.54, 1.807) is 6.07 Å². The first-order valence-electron chi connectivity index (χ1n) is 10.2. The molecule has 3 heterocycles. The first kappa shape index (κ1) is 18.7. The Morgan fingerprint density at radius 1 is 0.967 bits per heavy atom. The van der Waals surface area contributed by atoms with Crippen molar-refractivity contribution in [1.82, 2.24) is 15.0 Å². The standard InChI is InChI=1S/C25H23FN4/c1-15-4-7-24-22(10-15)25(29-17(3)28-24)30-9-8-23-19(14-30)11-18(13-27-23)21-12-20(26)6-5-16(21)2/h4-7,10-13H,8-9,14H2,1-3H3. The number of aromatic nitrogens is 3. The number of halogens is 1. The summed E-state index contributed by atoms with van der Waals surface area (Å²) in [5, 5.41) is 1.08. The van der Waals surface area contributed by atoms with E-state index in [-0.39, 0.29) is 5.82 Å². The number of pyridine rings is 1. The first-order valence-corrected chi connectivity index (χ1v) is 10.2. The fraction of sp³-hybridized carbons (Fsp3) is 0.240. The molecule has 30 heavy (non-hydrogen) atoms. The van der Waals surface area contributed by atoms with Gasteiger partial charge in [0.05, 0.1) is 5.52 Å². The average Bonchev–Trinajstić information content (AvgIpc) is 2.74. The lowest BCUT2D eigenvalue weighted by Gasteiger charge is -2.30. The minimum absolute atomic E-state index is 0.228. The summed E-state index contributed by atoms with van der Waals surface area (Å²) in [6, 6.07) is 13.4. The quantitative estimate of drug-likeness (QED) is 0.458. The van der Waals surface area contributed by atoms with E-state index < -0.39 is 0 Å². The van der Waals surface area contributed by atoms with Gasteiger partial charge in [0.25, 0.3) is 0 Å². The summed E-state index contributed by atoms with van der Waals surface area (Å²) in [7, 11) is 0. The van der Waals surface area contributed by atoms with E-state index in [0.717, 1.165) is 64.4 Å². The van der Waals surface area contributed by atoms with Gasteiger partial charge in [-0.15, -0.1) is 0 Å². The zero-order valence-corrected chi connectivity index (χ0v) is 17.4. The van der Waals surface area contributed by atoms with E-state index in [4.69, 9.17) is 9.97 Å². The minimum atomic E-state index is -0.228. The predicted octanol–water partition coefficient (Wildman–Crippen LogP) is 5.32. The molecule has 2 aromatic heterocycles. The van der Waals surface area contributed by atoms with Crippen LogP contribution < -0.4 is 4.90 Å². The summed E-state index contributed by atoms with van der Waals surface area (Å²) >= 11 is 0. The third-order valence-electron chi connectivity index (χ3n) is 5.79. The van der Waals surface area contributed by atoms with Gasteiger partial charge in [-0.25, -0.2) is 14.4 Å². The largest absolute Gasteiger partial charge is 0.351 e. The van der Waals surface area contributed by atoms with Gasteiger partial charge in [-0.1, -0.05) is 17.7 Å². The molecule has 0 aliphatic carbocycles. The van der Waals surface area contributed by atoms with E-state index in [9.17, 15) is 4.39 Å². The fourth-order valence-electron chi connectivity index (χ4n) is 4.24. The zero-order chi connectivity index (χ0) is 20.8. The number of nitrogens with zero attached hydrogens (tertiary/aromatic N) is 4. The molecule has 1 aliphatic rings. The van der Waals surface area contributed by atoms with Crippen LogP contribution in [-0.2, 0) is 13.0 Å². The molecule has 0 unspecified atom stereocenters. The Labute approximate surface area is 175 Å². The van der Waals surface area contributed by atoms with Crippen LogP contribution in [0.1, 0.15) is 28.2 Å². The maximum absolute atomic E-state index is 13.8. The van der Waals surface area contributed by atoms with Crippen LogP contribution in [-0.4, -0.2) is 21.5 Å². The van der Waals surface area contributed by atoms with Crippen LogP contribution in [0.3, 0.4) is 0 Å². The number of aryl methyl sites for hydroxylation is 3. The molecule has 5 heteroatoms. The van der Waals surface area contributed by atoms with Crippen LogP contribution in [0.5, 0.6) is 0 Å². The zero-order valence-electron chi connectivity index (χ0n) is 17.4. The molecule has 0 saturated heterocycles. The van der Waals surface area contributed by atoms with Crippen molar-refractivity contribution in [2.75, 3.05) is 11.4 Å². The van der Waals surface area contributed by atoms with Gasteiger partial charge in [0.15, 0.2) is 0 Å². The van der Waals surface area contributed by atoms with Crippen molar-refractivity contribution in [1.29, 1.82) is 0 Å². The van der Waals surface area contributed by atoms with Gasteiger partial charge in [-0.2, -0.15) is 0 Å². The molecule has 0 radical (unpaired) electrons. The summed E-state index contributed by atoms with van der Waals surface area (Å²) in [5.74, 6) is 1.52.